The Labute approximate surface area is 181 Å². The number of methoxy groups -OCH3 is 2. The Kier molecular flexibility index (Phi) is 4.88. The van der Waals surface area contributed by atoms with Crippen LogP contribution >= 0.6 is 0 Å². The molecule has 5 rings (SSSR count). The van der Waals surface area contributed by atoms with Gasteiger partial charge in [0.1, 0.15) is 11.5 Å². The summed E-state index contributed by atoms with van der Waals surface area (Å²) in [5.41, 5.74) is 3.45. The summed E-state index contributed by atoms with van der Waals surface area (Å²) in [6.07, 6.45) is 6.56. The predicted molar refractivity (Wildman–Crippen MR) is 119 cm³/mol. The number of benzene rings is 2. The number of piperidine rings is 1. The van der Waals surface area contributed by atoms with Gasteiger partial charge in [0.15, 0.2) is 0 Å². The summed E-state index contributed by atoms with van der Waals surface area (Å²) in [4.78, 5) is 26.7. The molecule has 2 aromatic carbocycles. The number of amides is 1. The molecule has 1 amide bonds. The van der Waals surface area contributed by atoms with Crippen LogP contribution in [0.1, 0.15) is 29.6 Å². The Morgan fingerprint density at radius 2 is 1.81 bits per heavy atom. The van der Waals surface area contributed by atoms with Crippen molar-refractivity contribution in [3.63, 3.8) is 0 Å². The van der Waals surface area contributed by atoms with Gasteiger partial charge in [0.25, 0.3) is 5.91 Å². The van der Waals surface area contributed by atoms with E-state index < -0.39 is 0 Å². The van der Waals surface area contributed by atoms with Gasteiger partial charge < -0.3 is 19.3 Å². The minimum atomic E-state index is -0.0318. The zero-order valence-electron chi connectivity index (χ0n) is 17.9. The number of fused-ring (bicyclic) bond motifs is 1. The molecule has 0 saturated carbocycles. The SMILES string of the molecule is COc1ccc(OC)c(C(=O)N2CCC[C@]3(CCN3c3ccc4nccnc4c3)C2)c1. The van der Waals surface area contributed by atoms with Crippen molar-refractivity contribution in [3.8, 4) is 11.5 Å². The Morgan fingerprint density at radius 1 is 0.968 bits per heavy atom. The van der Waals surface area contributed by atoms with Crippen molar-refractivity contribution in [2.45, 2.75) is 24.8 Å². The molecule has 1 aromatic heterocycles. The first kappa shape index (κ1) is 19.6. The number of rotatable bonds is 4. The minimum Gasteiger partial charge on any atom is -0.497 e. The number of carbonyl (C=O) groups is 1. The molecule has 3 heterocycles. The number of anilines is 1. The summed E-state index contributed by atoms with van der Waals surface area (Å²) >= 11 is 0. The molecule has 31 heavy (non-hydrogen) atoms. The Balaban J connectivity index is 1.41. The summed E-state index contributed by atoms with van der Waals surface area (Å²) in [6.45, 7) is 2.43. The van der Waals surface area contributed by atoms with E-state index in [2.05, 4.69) is 27.0 Å². The van der Waals surface area contributed by atoms with E-state index in [1.165, 1.54) is 0 Å². The lowest BCUT2D eigenvalue weighted by atomic mass is 9.77. The first-order valence-corrected chi connectivity index (χ1v) is 10.6. The normalized spacial score (nSPS) is 20.6. The second-order valence-corrected chi connectivity index (χ2v) is 8.25. The maximum Gasteiger partial charge on any atom is 0.257 e. The highest BCUT2D eigenvalue weighted by Crippen LogP contribution is 2.43. The molecule has 2 fully saturated rings. The molecule has 7 nitrogen and oxygen atoms in total. The van der Waals surface area contributed by atoms with Gasteiger partial charge in [-0.15, -0.1) is 0 Å². The first-order valence-electron chi connectivity index (χ1n) is 10.6. The summed E-state index contributed by atoms with van der Waals surface area (Å²) in [5.74, 6) is 1.22. The van der Waals surface area contributed by atoms with Crippen LogP contribution in [-0.2, 0) is 0 Å². The van der Waals surface area contributed by atoms with E-state index in [4.69, 9.17) is 9.47 Å². The number of nitrogens with zero attached hydrogens (tertiary/aromatic N) is 4. The predicted octanol–water partition coefficient (Wildman–Crippen LogP) is 3.53. The highest BCUT2D eigenvalue weighted by molar-refractivity contribution is 5.97. The van der Waals surface area contributed by atoms with E-state index in [0.29, 0.717) is 23.6 Å². The highest BCUT2D eigenvalue weighted by atomic mass is 16.5. The average molecular weight is 418 g/mol. The summed E-state index contributed by atoms with van der Waals surface area (Å²) in [5, 5.41) is 0. The molecule has 160 valence electrons. The van der Waals surface area contributed by atoms with Crippen molar-refractivity contribution in [1.29, 1.82) is 0 Å². The molecule has 7 heteroatoms. The van der Waals surface area contributed by atoms with Crippen molar-refractivity contribution in [2.75, 3.05) is 38.8 Å². The van der Waals surface area contributed by atoms with Crippen LogP contribution in [0.4, 0.5) is 5.69 Å². The van der Waals surface area contributed by atoms with E-state index in [-0.39, 0.29) is 11.4 Å². The molecule has 2 aliphatic rings. The molecule has 0 bridgehead atoms. The third kappa shape index (κ3) is 3.34. The van der Waals surface area contributed by atoms with Gasteiger partial charge in [0.05, 0.1) is 36.4 Å². The largest absolute Gasteiger partial charge is 0.497 e. The Bertz CT molecular complexity index is 1130. The maximum atomic E-state index is 13.4. The van der Waals surface area contributed by atoms with Crippen molar-refractivity contribution >= 4 is 22.6 Å². The van der Waals surface area contributed by atoms with Gasteiger partial charge >= 0.3 is 0 Å². The van der Waals surface area contributed by atoms with Gasteiger partial charge in [-0.2, -0.15) is 0 Å². The molecular weight excluding hydrogens is 392 g/mol. The monoisotopic (exact) mass is 418 g/mol. The van der Waals surface area contributed by atoms with Gasteiger partial charge in [-0.1, -0.05) is 0 Å². The Hall–Kier alpha value is -3.35. The zero-order valence-corrected chi connectivity index (χ0v) is 17.9. The summed E-state index contributed by atoms with van der Waals surface area (Å²) in [7, 11) is 3.19. The smallest absolute Gasteiger partial charge is 0.257 e. The van der Waals surface area contributed by atoms with E-state index in [1.54, 1.807) is 38.7 Å². The number of likely N-dealkylation sites (tertiary alicyclic amines) is 1. The fourth-order valence-corrected chi connectivity index (χ4v) is 4.92. The fraction of sp³-hybridized carbons (Fsp3) is 0.375. The lowest BCUT2D eigenvalue weighted by Crippen LogP contribution is -2.68. The van der Waals surface area contributed by atoms with E-state index >= 15 is 0 Å². The van der Waals surface area contributed by atoms with Crippen molar-refractivity contribution < 1.29 is 14.3 Å². The van der Waals surface area contributed by atoms with Crippen LogP contribution in [0.15, 0.2) is 48.8 Å². The molecule has 3 aromatic rings. The zero-order chi connectivity index (χ0) is 21.4. The van der Waals surface area contributed by atoms with Crippen molar-refractivity contribution in [1.82, 2.24) is 14.9 Å². The van der Waals surface area contributed by atoms with Gasteiger partial charge in [0.2, 0.25) is 0 Å². The number of ether oxygens (including phenoxy) is 2. The van der Waals surface area contributed by atoms with E-state index in [9.17, 15) is 4.79 Å². The van der Waals surface area contributed by atoms with Crippen LogP contribution in [0.2, 0.25) is 0 Å². The third-order valence-electron chi connectivity index (χ3n) is 6.62. The third-order valence-corrected chi connectivity index (χ3v) is 6.62. The summed E-state index contributed by atoms with van der Waals surface area (Å²) < 4.78 is 10.8. The topological polar surface area (TPSA) is 67.8 Å². The van der Waals surface area contributed by atoms with Gasteiger partial charge in [-0.05, 0) is 55.7 Å². The van der Waals surface area contributed by atoms with Gasteiger partial charge in [0, 0.05) is 37.7 Å². The fourth-order valence-electron chi connectivity index (χ4n) is 4.92. The Morgan fingerprint density at radius 3 is 2.55 bits per heavy atom. The maximum absolute atomic E-state index is 13.4. The second kappa shape index (κ2) is 7.72. The number of carbonyl (C=O) groups excluding carboxylic acids is 1. The lowest BCUT2D eigenvalue weighted by molar-refractivity contribution is 0.0560. The van der Waals surface area contributed by atoms with Crippen LogP contribution < -0.4 is 14.4 Å². The molecule has 0 radical (unpaired) electrons. The minimum absolute atomic E-state index is 0.00828. The summed E-state index contributed by atoms with van der Waals surface area (Å²) in [6, 6.07) is 11.6. The van der Waals surface area contributed by atoms with E-state index in [0.717, 1.165) is 49.1 Å². The van der Waals surface area contributed by atoms with Gasteiger partial charge in [-0.25, -0.2) is 0 Å². The molecule has 2 aliphatic heterocycles. The van der Waals surface area contributed by atoms with Crippen LogP contribution in [0.25, 0.3) is 11.0 Å². The molecule has 1 spiro atoms. The van der Waals surface area contributed by atoms with Crippen molar-refractivity contribution in [3.05, 3.63) is 54.4 Å². The average Bonchev–Trinajstić information content (AvgIpc) is 2.82. The van der Waals surface area contributed by atoms with Crippen LogP contribution in [0, 0.1) is 0 Å². The number of hydrogen-bond acceptors (Lipinski definition) is 6. The second-order valence-electron chi connectivity index (χ2n) is 8.25. The lowest BCUT2D eigenvalue weighted by Gasteiger charge is -2.58. The van der Waals surface area contributed by atoms with Gasteiger partial charge in [-0.3, -0.25) is 14.8 Å². The van der Waals surface area contributed by atoms with Crippen LogP contribution in [-0.4, -0.2) is 60.2 Å². The van der Waals surface area contributed by atoms with Crippen LogP contribution in [0.3, 0.4) is 0 Å². The number of aromatic nitrogens is 2. The van der Waals surface area contributed by atoms with Crippen LogP contribution in [0.5, 0.6) is 11.5 Å². The molecule has 0 aliphatic carbocycles. The highest BCUT2D eigenvalue weighted by Gasteiger charge is 2.48. The number of hydrogen-bond donors (Lipinski definition) is 0. The molecule has 1 atom stereocenters. The molecular formula is C24H26N4O3. The quantitative estimate of drug-likeness (QED) is 0.646. The standard InChI is InChI=1S/C24H26N4O3/c1-30-18-5-7-22(31-2)19(15-18)23(29)27-12-3-8-24(16-27)9-13-28(24)17-4-6-20-21(14-17)26-11-10-25-20/h4-7,10-11,14-15H,3,8-9,12-13,16H2,1-2H3/t24-/m0/s1. The molecule has 0 N–H and O–H groups in total. The molecule has 2 saturated heterocycles. The molecule has 0 unspecified atom stereocenters. The van der Waals surface area contributed by atoms with Crippen molar-refractivity contribution in [2.24, 2.45) is 0 Å². The van der Waals surface area contributed by atoms with E-state index in [1.807, 2.05) is 17.0 Å². The first-order chi connectivity index (χ1) is 15.1.